The van der Waals surface area contributed by atoms with Crippen LogP contribution in [0.1, 0.15) is 24.2 Å². The molecule has 0 fully saturated rings. The van der Waals surface area contributed by atoms with Crippen LogP contribution in [0.15, 0.2) is 42.5 Å². The van der Waals surface area contributed by atoms with Crippen molar-refractivity contribution in [1.82, 2.24) is 0 Å². The molecule has 0 saturated carbocycles. The van der Waals surface area contributed by atoms with Gasteiger partial charge in [-0.2, -0.15) is 0 Å². The van der Waals surface area contributed by atoms with E-state index in [2.05, 4.69) is 0 Å². The second kappa shape index (κ2) is 6.39. The number of aliphatic hydroxyl groups is 1. The van der Waals surface area contributed by atoms with E-state index in [1.54, 1.807) is 14.0 Å². The first kappa shape index (κ1) is 14.3. The first-order chi connectivity index (χ1) is 9.60. The molecule has 0 heterocycles. The van der Waals surface area contributed by atoms with E-state index in [1.807, 2.05) is 24.3 Å². The SMILES string of the molecule is COc1ccc(COc2cc(F)ccc2[C@H](C)O)cc1. The fourth-order valence-electron chi connectivity index (χ4n) is 1.86. The van der Waals surface area contributed by atoms with Crippen molar-refractivity contribution in [3.05, 3.63) is 59.4 Å². The number of aliphatic hydroxyl groups excluding tert-OH is 1. The van der Waals surface area contributed by atoms with E-state index in [-0.39, 0.29) is 5.82 Å². The van der Waals surface area contributed by atoms with E-state index in [4.69, 9.17) is 9.47 Å². The van der Waals surface area contributed by atoms with Crippen LogP contribution in [0.5, 0.6) is 11.5 Å². The minimum Gasteiger partial charge on any atom is -0.497 e. The van der Waals surface area contributed by atoms with Crippen molar-refractivity contribution in [1.29, 1.82) is 0 Å². The third-order valence-electron chi connectivity index (χ3n) is 2.98. The van der Waals surface area contributed by atoms with Crippen LogP contribution in [-0.2, 0) is 6.61 Å². The average molecular weight is 276 g/mol. The van der Waals surface area contributed by atoms with Gasteiger partial charge in [0.05, 0.1) is 13.2 Å². The quantitative estimate of drug-likeness (QED) is 0.908. The standard InChI is InChI=1S/C16H17FO3/c1-11(18)15-8-5-13(17)9-16(15)20-10-12-3-6-14(19-2)7-4-12/h3-9,11,18H,10H2,1-2H3/t11-/m0/s1. The van der Waals surface area contributed by atoms with Gasteiger partial charge < -0.3 is 14.6 Å². The lowest BCUT2D eigenvalue weighted by Gasteiger charge is -2.13. The highest BCUT2D eigenvalue weighted by Crippen LogP contribution is 2.27. The minimum absolute atomic E-state index is 0.299. The summed E-state index contributed by atoms with van der Waals surface area (Å²) in [6.45, 7) is 1.92. The van der Waals surface area contributed by atoms with E-state index < -0.39 is 6.10 Å². The van der Waals surface area contributed by atoms with Crippen LogP contribution in [0.3, 0.4) is 0 Å². The fourth-order valence-corrected chi connectivity index (χ4v) is 1.86. The summed E-state index contributed by atoms with van der Waals surface area (Å²) in [6, 6.07) is 11.5. The van der Waals surface area contributed by atoms with Crippen LogP contribution in [-0.4, -0.2) is 12.2 Å². The Labute approximate surface area is 117 Å². The van der Waals surface area contributed by atoms with E-state index in [0.717, 1.165) is 11.3 Å². The third kappa shape index (κ3) is 3.48. The first-order valence-corrected chi connectivity index (χ1v) is 6.33. The highest BCUT2D eigenvalue weighted by atomic mass is 19.1. The predicted molar refractivity (Wildman–Crippen MR) is 74.4 cm³/mol. The zero-order valence-corrected chi connectivity index (χ0v) is 11.5. The molecule has 0 amide bonds. The maximum atomic E-state index is 13.3. The smallest absolute Gasteiger partial charge is 0.128 e. The number of ether oxygens (including phenoxy) is 2. The lowest BCUT2D eigenvalue weighted by atomic mass is 10.1. The Hall–Kier alpha value is -2.07. The Morgan fingerprint density at radius 3 is 2.45 bits per heavy atom. The zero-order chi connectivity index (χ0) is 14.5. The number of rotatable bonds is 5. The molecule has 1 atom stereocenters. The molecule has 2 rings (SSSR count). The van der Waals surface area contributed by atoms with Crippen LogP contribution < -0.4 is 9.47 Å². The van der Waals surface area contributed by atoms with Crippen LogP contribution in [0.4, 0.5) is 4.39 Å². The van der Waals surface area contributed by atoms with Crippen molar-refractivity contribution in [2.45, 2.75) is 19.6 Å². The maximum absolute atomic E-state index is 13.3. The van der Waals surface area contributed by atoms with E-state index in [9.17, 15) is 9.50 Å². The molecule has 2 aromatic carbocycles. The predicted octanol–water partition coefficient (Wildman–Crippen LogP) is 3.47. The van der Waals surface area contributed by atoms with Gasteiger partial charge in [0.1, 0.15) is 23.9 Å². The Balaban J connectivity index is 2.11. The minimum atomic E-state index is -0.707. The summed E-state index contributed by atoms with van der Waals surface area (Å²) < 4.78 is 23.9. The van der Waals surface area contributed by atoms with Gasteiger partial charge in [-0.05, 0) is 36.8 Å². The van der Waals surface area contributed by atoms with Crippen LogP contribution >= 0.6 is 0 Å². The van der Waals surface area contributed by atoms with Crippen molar-refractivity contribution in [2.24, 2.45) is 0 Å². The molecular weight excluding hydrogens is 259 g/mol. The lowest BCUT2D eigenvalue weighted by molar-refractivity contribution is 0.190. The third-order valence-corrected chi connectivity index (χ3v) is 2.98. The summed E-state index contributed by atoms with van der Waals surface area (Å²) >= 11 is 0. The Morgan fingerprint density at radius 1 is 1.15 bits per heavy atom. The summed E-state index contributed by atoms with van der Waals surface area (Å²) in [5, 5.41) is 9.64. The van der Waals surface area contributed by atoms with Gasteiger partial charge in [0.25, 0.3) is 0 Å². The molecule has 0 spiro atoms. The van der Waals surface area contributed by atoms with Crippen LogP contribution in [0, 0.1) is 5.82 Å². The normalized spacial score (nSPS) is 12.0. The van der Waals surface area contributed by atoms with Gasteiger partial charge in [0.2, 0.25) is 0 Å². The van der Waals surface area contributed by atoms with Crippen LogP contribution in [0.2, 0.25) is 0 Å². The molecule has 2 aromatic rings. The molecular formula is C16H17FO3. The van der Waals surface area contributed by atoms with Gasteiger partial charge in [0.15, 0.2) is 0 Å². The molecule has 0 aliphatic rings. The van der Waals surface area contributed by atoms with Gasteiger partial charge in [0, 0.05) is 11.6 Å². The summed E-state index contributed by atoms with van der Waals surface area (Å²) in [6.07, 6.45) is -0.707. The number of hydrogen-bond acceptors (Lipinski definition) is 3. The second-order valence-electron chi connectivity index (χ2n) is 4.49. The van der Waals surface area contributed by atoms with Gasteiger partial charge in [-0.3, -0.25) is 0 Å². The largest absolute Gasteiger partial charge is 0.497 e. The van der Waals surface area contributed by atoms with Crippen molar-refractivity contribution in [3.8, 4) is 11.5 Å². The number of halogens is 1. The van der Waals surface area contributed by atoms with E-state index >= 15 is 0 Å². The van der Waals surface area contributed by atoms with Crippen molar-refractivity contribution >= 4 is 0 Å². The lowest BCUT2D eigenvalue weighted by Crippen LogP contribution is -2.01. The number of methoxy groups -OCH3 is 1. The Bertz CT molecular complexity index is 564. The summed E-state index contributed by atoms with van der Waals surface area (Å²) in [7, 11) is 1.60. The average Bonchev–Trinajstić information content (AvgIpc) is 2.45. The first-order valence-electron chi connectivity index (χ1n) is 6.33. The molecule has 106 valence electrons. The molecule has 0 saturated heterocycles. The molecule has 0 aliphatic carbocycles. The second-order valence-corrected chi connectivity index (χ2v) is 4.49. The Morgan fingerprint density at radius 2 is 1.85 bits per heavy atom. The molecule has 0 radical (unpaired) electrons. The summed E-state index contributed by atoms with van der Waals surface area (Å²) in [5.74, 6) is 0.735. The van der Waals surface area contributed by atoms with Gasteiger partial charge in [-0.15, -0.1) is 0 Å². The van der Waals surface area contributed by atoms with E-state index in [0.29, 0.717) is 17.9 Å². The highest BCUT2D eigenvalue weighted by Gasteiger charge is 2.10. The maximum Gasteiger partial charge on any atom is 0.128 e. The molecule has 0 bridgehead atoms. The Kier molecular flexibility index (Phi) is 4.58. The van der Waals surface area contributed by atoms with Gasteiger partial charge in [-0.1, -0.05) is 12.1 Å². The monoisotopic (exact) mass is 276 g/mol. The highest BCUT2D eigenvalue weighted by molar-refractivity contribution is 5.36. The fraction of sp³-hybridized carbons (Fsp3) is 0.250. The topological polar surface area (TPSA) is 38.7 Å². The molecule has 20 heavy (non-hydrogen) atoms. The van der Waals surface area contributed by atoms with Gasteiger partial charge >= 0.3 is 0 Å². The zero-order valence-electron chi connectivity index (χ0n) is 11.5. The molecule has 4 heteroatoms. The summed E-state index contributed by atoms with van der Waals surface area (Å²) in [4.78, 5) is 0. The molecule has 1 N–H and O–H groups in total. The molecule has 0 aliphatic heterocycles. The van der Waals surface area contributed by atoms with Crippen molar-refractivity contribution in [2.75, 3.05) is 7.11 Å². The molecule has 3 nitrogen and oxygen atoms in total. The molecule has 0 aromatic heterocycles. The van der Waals surface area contributed by atoms with Gasteiger partial charge in [-0.25, -0.2) is 4.39 Å². The van der Waals surface area contributed by atoms with E-state index in [1.165, 1.54) is 18.2 Å². The van der Waals surface area contributed by atoms with Crippen molar-refractivity contribution in [3.63, 3.8) is 0 Å². The number of hydrogen-bond donors (Lipinski definition) is 1. The molecule has 0 unspecified atom stereocenters. The van der Waals surface area contributed by atoms with Crippen molar-refractivity contribution < 1.29 is 19.0 Å². The summed E-state index contributed by atoms with van der Waals surface area (Å²) in [5.41, 5.74) is 1.51. The number of benzene rings is 2. The van der Waals surface area contributed by atoms with Crippen LogP contribution in [0.25, 0.3) is 0 Å².